The van der Waals surface area contributed by atoms with E-state index in [4.69, 9.17) is 0 Å². The van der Waals surface area contributed by atoms with Crippen LogP contribution in [0.2, 0.25) is 0 Å². The van der Waals surface area contributed by atoms with Crippen LogP contribution in [0.3, 0.4) is 0 Å². The van der Waals surface area contributed by atoms with Crippen molar-refractivity contribution in [2.75, 3.05) is 31.8 Å². The van der Waals surface area contributed by atoms with Gasteiger partial charge in [0.1, 0.15) is 0 Å². The quantitative estimate of drug-likeness (QED) is 0.271. The first-order valence-corrected chi connectivity index (χ1v) is 12.6. The number of thiol groups is 4. The van der Waals surface area contributed by atoms with Gasteiger partial charge in [-0.05, 0) is 0 Å². The summed E-state index contributed by atoms with van der Waals surface area (Å²) in [6.07, 6.45) is 0. The van der Waals surface area contributed by atoms with E-state index in [1.165, 1.54) is 0 Å². The van der Waals surface area contributed by atoms with Gasteiger partial charge in [0.25, 0.3) is 0 Å². The van der Waals surface area contributed by atoms with Gasteiger partial charge in [-0.25, -0.2) is 0 Å². The minimum absolute atomic E-state index is 0.596. The lowest BCUT2D eigenvalue weighted by molar-refractivity contribution is 1.39. The van der Waals surface area contributed by atoms with Crippen LogP contribution in [-0.2, 0) is 0 Å². The average Bonchev–Trinajstić information content (AvgIpc) is 2.33. The molecule has 0 bridgehead atoms. The van der Waals surface area contributed by atoms with Crippen LogP contribution in [0.1, 0.15) is 0 Å². The van der Waals surface area contributed by atoms with Crippen molar-refractivity contribution in [1.82, 2.24) is 0 Å². The predicted octanol–water partition coefficient (Wildman–Crippen LogP) is 4.85. The Morgan fingerprint density at radius 2 is 1.06 bits per heavy atom. The molecular weight excluding hydrogens is 385 g/mol. The van der Waals surface area contributed by atoms with E-state index in [0.29, 0.717) is 9.16 Å². The first-order chi connectivity index (χ1) is 8.28. The van der Waals surface area contributed by atoms with Gasteiger partial charge in [0.05, 0.1) is 9.16 Å². The Labute approximate surface area is 149 Å². The molecule has 9 heteroatoms. The molecule has 17 heavy (non-hydrogen) atoms. The second-order valence-corrected chi connectivity index (χ2v) is 12.0. The van der Waals surface area contributed by atoms with Crippen LogP contribution in [0.5, 0.6) is 0 Å². The standard InChI is InChI=1S/C8H18S9/c9-3-13-1-7(15-4-10)14-2-8(16-5-11)17-6-12/h7-12H,1-6H2. The molecule has 0 saturated carbocycles. The van der Waals surface area contributed by atoms with Crippen molar-refractivity contribution < 1.29 is 0 Å². The van der Waals surface area contributed by atoms with E-state index < -0.39 is 0 Å². The smallest absolute Gasteiger partial charge is 0.0609 e. The van der Waals surface area contributed by atoms with Crippen molar-refractivity contribution in [1.29, 1.82) is 0 Å². The topological polar surface area (TPSA) is 0 Å². The molecule has 0 aromatic heterocycles. The van der Waals surface area contributed by atoms with Gasteiger partial charge in [-0.3, -0.25) is 0 Å². The maximum atomic E-state index is 4.30. The fourth-order valence-electron chi connectivity index (χ4n) is 0.873. The Bertz CT molecular complexity index is 150. The average molecular weight is 403 g/mol. The van der Waals surface area contributed by atoms with Crippen LogP contribution in [-0.4, -0.2) is 41.0 Å². The van der Waals surface area contributed by atoms with Gasteiger partial charge < -0.3 is 0 Å². The van der Waals surface area contributed by atoms with Crippen molar-refractivity contribution in [3.8, 4) is 0 Å². The molecule has 0 aliphatic heterocycles. The second kappa shape index (κ2) is 15.5. The van der Waals surface area contributed by atoms with Gasteiger partial charge in [-0.15, -0.1) is 58.8 Å². The molecule has 0 N–H and O–H groups in total. The number of hydrogen-bond acceptors (Lipinski definition) is 9. The zero-order valence-corrected chi connectivity index (χ0v) is 16.9. The van der Waals surface area contributed by atoms with Crippen LogP contribution in [0.4, 0.5) is 0 Å². The Balaban J connectivity index is 3.87. The fraction of sp³-hybridized carbons (Fsp3) is 1.00. The van der Waals surface area contributed by atoms with E-state index in [1.54, 1.807) is 0 Å². The van der Waals surface area contributed by atoms with E-state index in [1.807, 2.05) is 58.8 Å². The molecule has 0 radical (unpaired) electrons. The lowest BCUT2D eigenvalue weighted by Gasteiger charge is -2.18. The maximum absolute atomic E-state index is 4.30. The summed E-state index contributed by atoms with van der Waals surface area (Å²) in [4.78, 5) is 0. The van der Waals surface area contributed by atoms with E-state index >= 15 is 0 Å². The lowest BCUT2D eigenvalue weighted by Crippen LogP contribution is -2.08. The maximum Gasteiger partial charge on any atom is 0.0609 e. The van der Waals surface area contributed by atoms with Crippen LogP contribution in [0, 0.1) is 0 Å². The highest BCUT2D eigenvalue weighted by molar-refractivity contribution is 8.25. The Kier molecular flexibility index (Phi) is 18.4. The van der Waals surface area contributed by atoms with Crippen LogP contribution in [0.15, 0.2) is 0 Å². The molecule has 0 amide bonds. The minimum atomic E-state index is 0.596. The first-order valence-electron chi connectivity index (χ1n) is 4.76. The fourth-order valence-corrected chi connectivity index (χ4v) is 9.09. The van der Waals surface area contributed by atoms with E-state index in [2.05, 4.69) is 50.5 Å². The van der Waals surface area contributed by atoms with Gasteiger partial charge in [-0.1, -0.05) is 0 Å². The predicted molar refractivity (Wildman–Crippen MR) is 111 cm³/mol. The van der Waals surface area contributed by atoms with Crippen molar-refractivity contribution >= 4 is 109 Å². The summed E-state index contributed by atoms with van der Waals surface area (Å²) in [6, 6.07) is 0. The van der Waals surface area contributed by atoms with Crippen LogP contribution < -0.4 is 0 Å². The molecule has 0 nitrogen and oxygen atoms in total. The molecule has 0 heterocycles. The summed E-state index contributed by atoms with van der Waals surface area (Å²) < 4.78 is 1.22. The Morgan fingerprint density at radius 3 is 1.47 bits per heavy atom. The molecule has 0 fully saturated rings. The molecule has 0 aromatic carbocycles. The number of rotatable bonds is 12. The first kappa shape index (κ1) is 20.1. The summed E-state index contributed by atoms with van der Waals surface area (Å²) in [5.41, 5.74) is 0. The monoisotopic (exact) mass is 402 g/mol. The molecule has 0 saturated heterocycles. The highest BCUT2D eigenvalue weighted by Gasteiger charge is 2.14. The molecule has 104 valence electrons. The second-order valence-electron chi connectivity index (χ2n) is 2.58. The summed E-state index contributed by atoms with van der Waals surface area (Å²) >= 11 is 26.7. The molecule has 1 unspecified atom stereocenters. The lowest BCUT2D eigenvalue weighted by atomic mass is 10.9. The molecule has 0 spiro atoms. The third kappa shape index (κ3) is 12.6. The largest absolute Gasteiger partial charge is 0.168 e. The van der Waals surface area contributed by atoms with E-state index in [9.17, 15) is 0 Å². The summed E-state index contributed by atoms with van der Waals surface area (Å²) in [7, 11) is 0. The van der Waals surface area contributed by atoms with Gasteiger partial charge in [0.2, 0.25) is 0 Å². The SMILES string of the molecule is SCSCC(SCS)SCC(SCS)SCS. The number of hydrogen-bond donors (Lipinski definition) is 4. The zero-order valence-electron chi connectivity index (χ0n) is 9.23. The van der Waals surface area contributed by atoms with Crippen molar-refractivity contribution in [2.24, 2.45) is 0 Å². The molecule has 0 aliphatic rings. The minimum Gasteiger partial charge on any atom is -0.168 e. The molecular formula is C8H18S9. The molecule has 1 atom stereocenters. The van der Waals surface area contributed by atoms with Crippen LogP contribution >= 0.6 is 109 Å². The normalized spacial score (nSPS) is 13.2. The van der Waals surface area contributed by atoms with Crippen molar-refractivity contribution in [3.05, 3.63) is 0 Å². The van der Waals surface area contributed by atoms with Crippen molar-refractivity contribution in [3.63, 3.8) is 0 Å². The van der Waals surface area contributed by atoms with Gasteiger partial charge in [0.15, 0.2) is 0 Å². The van der Waals surface area contributed by atoms with Gasteiger partial charge >= 0.3 is 0 Å². The molecule has 0 aromatic rings. The highest BCUT2D eigenvalue weighted by Crippen LogP contribution is 2.34. The Hall–Kier alpha value is 3.15. The summed E-state index contributed by atoms with van der Waals surface area (Å²) in [6.45, 7) is 0. The van der Waals surface area contributed by atoms with E-state index in [-0.39, 0.29) is 0 Å². The Morgan fingerprint density at radius 1 is 0.588 bits per heavy atom. The van der Waals surface area contributed by atoms with Gasteiger partial charge in [-0.2, -0.15) is 50.5 Å². The molecule has 0 rings (SSSR count). The summed E-state index contributed by atoms with van der Waals surface area (Å²) in [5, 5.41) is 3.53. The number of thioether (sulfide) groups is 5. The molecule has 0 aliphatic carbocycles. The van der Waals surface area contributed by atoms with Crippen LogP contribution in [0.25, 0.3) is 0 Å². The van der Waals surface area contributed by atoms with Gasteiger partial charge in [0, 0.05) is 31.8 Å². The van der Waals surface area contributed by atoms with E-state index in [0.717, 1.165) is 31.8 Å². The summed E-state index contributed by atoms with van der Waals surface area (Å²) in [5.74, 6) is 2.29. The third-order valence-corrected chi connectivity index (χ3v) is 9.79. The zero-order chi connectivity index (χ0) is 12.9. The highest BCUT2D eigenvalue weighted by atomic mass is 32.2. The third-order valence-electron chi connectivity index (χ3n) is 1.54. The van der Waals surface area contributed by atoms with Crippen molar-refractivity contribution in [2.45, 2.75) is 9.16 Å².